The van der Waals surface area contributed by atoms with Crippen LogP contribution in [0.4, 0.5) is 0 Å². The highest BCUT2D eigenvalue weighted by Gasteiger charge is 2.29. The van der Waals surface area contributed by atoms with Crippen LogP contribution in [0.1, 0.15) is 50.8 Å². The van der Waals surface area contributed by atoms with E-state index in [9.17, 15) is 0 Å². The average molecular weight is 569 g/mol. The van der Waals surface area contributed by atoms with E-state index in [0.29, 0.717) is 0 Å². The predicted molar refractivity (Wildman–Crippen MR) is 195 cm³/mol. The van der Waals surface area contributed by atoms with Crippen LogP contribution in [0.3, 0.4) is 0 Å². The standard InChI is InChI=1S/C42H34.C2H6/c1-4-29(5-2)40-36-19-11-12-20-37(36)41(31-15-7-6-8-16-31)38-24-23-35(27-39(38)40)42(3)25-13-18-34(28-42)33-22-21-30-14-9-10-17-32(30)26-33;1-2/h4-27H,1,28H2,2-3H3;1-2H3/b29-5+;. The minimum atomic E-state index is -0.135. The van der Waals surface area contributed by atoms with Gasteiger partial charge in [0.1, 0.15) is 0 Å². The van der Waals surface area contributed by atoms with Crippen LogP contribution in [-0.2, 0) is 5.41 Å². The normalized spacial score (nSPS) is 16.5. The van der Waals surface area contributed by atoms with E-state index in [2.05, 4.69) is 160 Å². The zero-order valence-corrected chi connectivity index (χ0v) is 26.3. The molecule has 0 radical (unpaired) electrons. The molecule has 7 rings (SSSR count). The molecule has 0 heterocycles. The molecule has 0 bridgehead atoms. The third-order valence-corrected chi connectivity index (χ3v) is 9.00. The molecule has 6 aromatic rings. The molecular weight excluding hydrogens is 528 g/mol. The number of allylic oxidation sites excluding steroid dienone is 7. The molecule has 44 heavy (non-hydrogen) atoms. The van der Waals surface area contributed by atoms with Crippen molar-refractivity contribution in [2.75, 3.05) is 0 Å². The molecule has 1 atom stereocenters. The lowest BCUT2D eigenvalue weighted by molar-refractivity contribution is 0.610. The van der Waals surface area contributed by atoms with Crippen molar-refractivity contribution in [3.05, 3.63) is 169 Å². The van der Waals surface area contributed by atoms with E-state index in [4.69, 9.17) is 0 Å². The van der Waals surface area contributed by atoms with E-state index < -0.39 is 0 Å². The summed E-state index contributed by atoms with van der Waals surface area (Å²) in [7, 11) is 0. The van der Waals surface area contributed by atoms with E-state index >= 15 is 0 Å². The second-order valence-corrected chi connectivity index (χ2v) is 11.6. The summed E-state index contributed by atoms with van der Waals surface area (Å²) in [6.45, 7) is 12.7. The highest BCUT2D eigenvalue weighted by atomic mass is 14.3. The molecule has 0 amide bonds. The second-order valence-electron chi connectivity index (χ2n) is 11.6. The lowest BCUT2D eigenvalue weighted by atomic mass is 9.72. The smallest absolute Gasteiger partial charge is 0.0147 e. The van der Waals surface area contributed by atoms with Gasteiger partial charge in [0, 0.05) is 5.41 Å². The van der Waals surface area contributed by atoms with Gasteiger partial charge in [-0.1, -0.05) is 161 Å². The van der Waals surface area contributed by atoms with E-state index in [-0.39, 0.29) is 5.41 Å². The van der Waals surface area contributed by atoms with Crippen molar-refractivity contribution >= 4 is 43.5 Å². The number of hydrogen-bond acceptors (Lipinski definition) is 0. The van der Waals surface area contributed by atoms with E-state index in [1.165, 1.54) is 65.7 Å². The van der Waals surface area contributed by atoms with Gasteiger partial charge >= 0.3 is 0 Å². The molecule has 0 fully saturated rings. The first kappa shape index (κ1) is 29.1. The van der Waals surface area contributed by atoms with Crippen molar-refractivity contribution in [3.8, 4) is 11.1 Å². The minimum Gasteiger partial charge on any atom is -0.0985 e. The maximum Gasteiger partial charge on any atom is 0.0147 e. The first-order chi connectivity index (χ1) is 21.6. The van der Waals surface area contributed by atoms with Gasteiger partial charge < -0.3 is 0 Å². The molecule has 1 aliphatic rings. The van der Waals surface area contributed by atoms with Crippen molar-refractivity contribution in [1.29, 1.82) is 0 Å². The van der Waals surface area contributed by atoms with Crippen molar-refractivity contribution < 1.29 is 0 Å². The van der Waals surface area contributed by atoms with Gasteiger partial charge in [-0.25, -0.2) is 0 Å². The van der Waals surface area contributed by atoms with Crippen LogP contribution in [0.5, 0.6) is 0 Å². The molecule has 0 spiro atoms. The fourth-order valence-electron chi connectivity index (χ4n) is 6.80. The summed E-state index contributed by atoms with van der Waals surface area (Å²) in [5.41, 5.74) is 8.81. The second kappa shape index (κ2) is 12.3. The van der Waals surface area contributed by atoms with Gasteiger partial charge in [0.05, 0.1) is 0 Å². The van der Waals surface area contributed by atoms with E-state index in [1.54, 1.807) is 0 Å². The van der Waals surface area contributed by atoms with Gasteiger partial charge in [-0.2, -0.15) is 0 Å². The minimum absolute atomic E-state index is 0.135. The van der Waals surface area contributed by atoms with Gasteiger partial charge in [-0.3, -0.25) is 0 Å². The van der Waals surface area contributed by atoms with Crippen molar-refractivity contribution in [2.24, 2.45) is 0 Å². The highest BCUT2D eigenvalue weighted by molar-refractivity contribution is 6.19. The van der Waals surface area contributed by atoms with Crippen molar-refractivity contribution in [2.45, 2.75) is 39.5 Å². The predicted octanol–water partition coefficient (Wildman–Crippen LogP) is 12.7. The number of fused-ring (bicyclic) bond motifs is 3. The highest BCUT2D eigenvalue weighted by Crippen LogP contribution is 2.45. The molecule has 1 unspecified atom stereocenters. The van der Waals surface area contributed by atoms with Gasteiger partial charge in [-0.05, 0) is 96.8 Å². The van der Waals surface area contributed by atoms with Crippen LogP contribution in [-0.4, -0.2) is 0 Å². The van der Waals surface area contributed by atoms with E-state index in [1.807, 2.05) is 19.9 Å². The Morgan fingerprint density at radius 3 is 2.11 bits per heavy atom. The summed E-state index contributed by atoms with van der Waals surface area (Å²) in [6, 6.07) is 42.2. The fourth-order valence-corrected chi connectivity index (χ4v) is 6.80. The lowest BCUT2D eigenvalue weighted by Gasteiger charge is -2.31. The van der Waals surface area contributed by atoms with E-state index in [0.717, 1.165) is 12.0 Å². The molecule has 0 nitrogen and oxygen atoms in total. The Labute approximate surface area is 262 Å². The summed E-state index contributed by atoms with van der Waals surface area (Å²) in [5, 5.41) is 7.64. The van der Waals surface area contributed by atoms with Crippen LogP contribution < -0.4 is 0 Å². The third kappa shape index (κ3) is 5.12. The number of rotatable bonds is 5. The lowest BCUT2D eigenvalue weighted by Crippen LogP contribution is -2.21. The van der Waals surface area contributed by atoms with Gasteiger partial charge in [0.25, 0.3) is 0 Å². The topological polar surface area (TPSA) is 0 Å². The zero-order valence-electron chi connectivity index (χ0n) is 26.3. The first-order valence-corrected chi connectivity index (χ1v) is 15.8. The molecular formula is C44H40. The third-order valence-electron chi connectivity index (χ3n) is 9.00. The first-order valence-electron chi connectivity index (χ1n) is 15.8. The fraction of sp³-hybridized carbons (Fsp3) is 0.136. The Hall–Kier alpha value is -4.94. The molecule has 6 aromatic carbocycles. The molecule has 0 heteroatoms. The summed E-state index contributed by atoms with van der Waals surface area (Å²) >= 11 is 0. The Morgan fingerprint density at radius 1 is 0.682 bits per heavy atom. The maximum absolute atomic E-state index is 4.21. The SMILES string of the molecule is C=C/C(=C\C)c1c2ccccc2c(-c2ccccc2)c2ccc(C3(C)C=CC=C(c4ccc5ccccc5c4)C3)cc12.CC. The Morgan fingerprint density at radius 2 is 1.36 bits per heavy atom. The average Bonchev–Trinajstić information content (AvgIpc) is 3.09. The van der Waals surface area contributed by atoms with Crippen LogP contribution in [0.2, 0.25) is 0 Å². The van der Waals surface area contributed by atoms with Gasteiger partial charge in [-0.15, -0.1) is 0 Å². The number of hydrogen-bond donors (Lipinski definition) is 0. The Bertz CT molecular complexity index is 2080. The van der Waals surface area contributed by atoms with Crippen LogP contribution >= 0.6 is 0 Å². The summed E-state index contributed by atoms with van der Waals surface area (Å²) in [5.74, 6) is 0. The molecule has 0 aromatic heterocycles. The maximum atomic E-state index is 4.21. The monoisotopic (exact) mass is 568 g/mol. The summed E-state index contributed by atoms with van der Waals surface area (Å²) in [6.07, 6.45) is 12.0. The molecule has 0 saturated carbocycles. The summed E-state index contributed by atoms with van der Waals surface area (Å²) in [4.78, 5) is 0. The molecule has 0 aliphatic heterocycles. The van der Waals surface area contributed by atoms with Crippen molar-refractivity contribution in [1.82, 2.24) is 0 Å². The quantitative estimate of drug-likeness (QED) is 0.143. The summed E-state index contributed by atoms with van der Waals surface area (Å²) < 4.78 is 0. The molecule has 0 N–H and O–H groups in total. The van der Waals surface area contributed by atoms with Gasteiger partial charge in [0.2, 0.25) is 0 Å². The van der Waals surface area contributed by atoms with Crippen LogP contribution in [0.15, 0.2) is 152 Å². The Kier molecular flexibility index (Phi) is 8.18. The van der Waals surface area contributed by atoms with Crippen LogP contribution in [0.25, 0.3) is 54.6 Å². The van der Waals surface area contributed by atoms with Gasteiger partial charge in [0.15, 0.2) is 0 Å². The largest absolute Gasteiger partial charge is 0.0985 e. The molecule has 0 saturated heterocycles. The Balaban J connectivity index is 0.00000168. The molecule has 1 aliphatic carbocycles. The van der Waals surface area contributed by atoms with Crippen molar-refractivity contribution in [3.63, 3.8) is 0 Å². The number of benzene rings is 6. The zero-order chi connectivity index (χ0) is 30.7. The molecule has 216 valence electrons. The van der Waals surface area contributed by atoms with Crippen LogP contribution in [0, 0.1) is 0 Å².